The first-order chi connectivity index (χ1) is 8.91. The van der Waals surface area contributed by atoms with Crippen LogP contribution < -0.4 is 5.73 Å². The van der Waals surface area contributed by atoms with Crippen LogP contribution in [0, 0.1) is 5.92 Å². The number of rotatable bonds is 3. The third kappa shape index (κ3) is 3.16. The molecule has 1 fully saturated rings. The highest BCUT2D eigenvalue weighted by atomic mass is 79.9. The normalized spacial score (nSPS) is 18.4. The fourth-order valence-corrected chi connectivity index (χ4v) is 4.22. The Morgan fingerprint density at radius 2 is 1.95 bits per heavy atom. The lowest BCUT2D eigenvalue weighted by molar-refractivity contribution is -0.122. The predicted molar refractivity (Wildman–Crippen MR) is 74.8 cm³/mol. The maximum absolute atomic E-state index is 12.4. The van der Waals surface area contributed by atoms with Gasteiger partial charge in [-0.1, -0.05) is 22.0 Å². The molecule has 0 bridgehead atoms. The smallest absolute Gasteiger partial charge is 0.243 e. The fourth-order valence-electron chi connectivity index (χ4n) is 2.16. The number of benzene rings is 1. The van der Waals surface area contributed by atoms with E-state index in [4.69, 9.17) is 5.73 Å². The third-order valence-corrected chi connectivity index (χ3v) is 5.68. The summed E-state index contributed by atoms with van der Waals surface area (Å²) in [7, 11) is -3.48. The van der Waals surface area contributed by atoms with Crippen LogP contribution in [0.15, 0.2) is 33.6 Å². The van der Waals surface area contributed by atoms with Crippen molar-refractivity contribution in [2.45, 2.75) is 17.7 Å². The van der Waals surface area contributed by atoms with Crippen LogP contribution in [0.1, 0.15) is 12.8 Å². The van der Waals surface area contributed by atoms with Gasteiger partial charge in [-0.3, -0.25) is 4.79 Å². The summed E-state index contributed by atoms with van der Waals surface area (Å²) < 4.78 is 26.9. The predicted octanol–water partition coefficient (Wildman–Crippen LogP) is 1.34. The van der Waals surface area contributed by atoms with Crippen LogP contribution in [-0.4, -0.2) is 31.7 Å². The van der Waals surface area contributed by atoms with E-state index in [0.29, 0.717) is 25.9 Å². The standard InChI is InChI=1S/C12H15BrN2O3S/c13-10-2-1-3-11(8-10)19(17,18)15-6-4-9(5-7-15)12(14)16/h1-3,8-9H,4-7H2,(H2,14,16). The third-order valence-electron chi connectivity index (χ3n) is 3.29. The molecule has 19 heavy (non-hydrogen) atoms. The Hall–Kier alpha value is -0.920. The largest absolute Gasteiger partial charge is 0.369 e. The Morgan fingerprint density at radius 3 is 2.47 bits per heavy atom. The van der Waals surface area contributed by atoms with Gasteiger partial charge in [0.2, 0.25) is 15.9 Å². The second-order valence-corrected chi connectivity index (χ2v) is 7.39. The molecular weight excluding hydrogens is 332 g/mol. The minimum absolute atomic E-state index is 0.214. The van der Waals surface area contributed by atoms with Gasteiger partial charge in [-0.15, -0.1) is 0 Å². The first-order valence-electron chi connectivity index (χ1n) is 5.96. The summed E-state index contributed by atoms with van der Waals surface area (Å²) in [5.41, 5.74) is 5.24. The van der Waals surface area contributed by atoms with Gasteiger partial charge in [0, 0.05) is 23.5 Å². The van der Waals surface area contributed by atoms with Crippen LogP contribution in [0.3, 0.4) is 0 Å². The number of amides is 1. The van der Waals surface area contributed by atoms with Gasteiger partial charge in [0.25, 0.3) is 0 Å². The van der Waals surface area contributed by atoms with Crippen molar-refractivity contribution in [1.29, 1.82) is 0 Å². The molecule has 1 heterocycles. The van der Waals surface area contributed by atoms with Crippen LogP contribution in [0.4, 0.5) is 0 Å². The molecule has 0 aromatic heterocycles. The topological polar surface area (TPSA) is 80.5 Å². The van der Waals surface area contributed by atoms with E-state index >= 15 is 0 Å². The molecule has 0 saturated carbocycles. The molecule has 104 valence electrons. The number of carbonyl (C=O) groups excluding carboxylic acids is 1. The van der Waals surface area contributed by atoms with Gasteiger partial charge in [-0.25, -0.2) is 8.42 Å². The minimum atomic E-state index is -3.48. The van der Waals surface area contributed by atoms with E-state index in [2.05, 4.69) is 15.9 Å². The Labute approximate surface area is 121 Å². The van der Waals surface area contributed by atoms with Crippen molar-refractivity contribution in [3.63, 3.8) is 0 Å². The summed E-state index contributed by atoms with van der Waals surface area (Å²) in [5, 5.41) is 0. The molecule has 0 aliphatic carbocycles. The first kappa shape index (κ1) is 14.5. The molecule has 1 aromatic rings. The number of hydrogen-bond donors (Lipinski definition) is 1. The zero-order valence-corrected chi connectivity index (χ0v) is 12.7. The van der Waals surface area contributed by atoms with E-state index < -0.39 is 10.0 Å². The molecule has 0 spiro atoms. The Morgan fingerprint density at radius 1 is 1.32 bits per heavy atom. The molecule has 1 aliphatic rings. The van der Waals surface area contributed by atoms with Gasteiger partial charge in [0.05, 0.1) is 4.90 Å². The summed E-state index contributed by atoms with van der Waals surface area (Å²) in [4.78, 5) is 11.3. The quantitative estimate of drug-likeness (QED) is 0.896. The first-order valence-corrected chi connectivity index (χ1v) is 8.19. The SMILES string of the molecule is NC(=O)C1CCN(S(=O)(=O)c2cccc(Br)c2)CC1. The highest BCUT2D eigenvalue weighted by molar-refractivity contribution is 9.10. The summed E-state index contributed by atoms with van der Waals surface area (Å²) in [5.74, 6) is -0.562. The molecule has 2 rings (SSSR count). The van der Waals surface area contributed by atoms with Gasteiger partial charge >= 0.3 is 0 Å². The van der Waals surface area contributed by atoms with Crippen LogP contribution in [0.2, 0.25) is 0 Å². The van der Waals surface area contributed by atoms with E-state index in [9.17, 15) is 13.2 Å². The van der Waals surface area contributed by atoms with Crippen LogP contribution in [-0.2, 0) is 14.8 Å². The van der Waals surface area contributed by atoms with Crippen LogP contribution in [0.5, 0.6) is 0 Å². The lowest BCUT2D eigenvalue weighted by Gasteiger charge is -2.29. The lowest BCUT2D eigenvalue weighted by atomic mass is 9.98. The van der Waals surface area contributed by atoms with Gasteiger partial charge in [-0.2, -0.15) is 4.31 Å². The zero-order chi connectivity index (χ0) is 14.0. The number of piperidine rings is 1. The highest BCUT2D eigenvalue weighted by Gasteiger charge is 2.31. The van der Waals surface area contributed by atoms with Gasteiger partial charge in [0.1, 0.15) is 0 Å². The zero-order valence-electron chi connectivity index (χ0n) is 10.3. The van der Waals surface area contributed by atoms with E-state index in [1.54, 1.807) is 24.3 Å². The van der Waals surface area contributed by atoms with Crippen LogP contribution >= 0.6 is 15.9 Å². The van der Waals surface area contributed by atoms with E-state index in [-0.39, 0.29) is 16.7 Å². The molecule has 2 N–H and O–H groups in total. The molecule has 1 saturated heterocycles. The van der Waals surface area contributed by atoms with Gasteiger partial charge < -0.3 is 5.73 Å². The second-order valence-electron chi connectivity index (χ2n) is 4.54. The summed E-state index contributed by atoms with van der Waals surface area (Å²) >= 11 is 3.26. The van der Waals surface area contributed by atoms with Crippen molar-refractivity contribution in [2.24, 2.45) is 11.7 Å². The number of nitrogens with zero attached hydrogens (tertiary/aromatic N) is 1. The molecule has 1 aromatic carbocycles. The summed E-state index contributed by atoms with van der Waals surface area (Å²) in [6.45, 7) is 0.672. The van der Waals surface area contributed by atoms with Crippen molar-refractivity contribution in [1.82, 2.24) is 4.31 Å². The van der Waals surface area contributed by atoms with E-state index in [1.807, 2.05) is 0 Å². The monoisotopic (exact) mass is 346 g/mol. The molecule has 0 unspecified atom stereocenters. The van der Waals surface area contributed by atoms with Crippen molar-refractivity contribution in [2.75, 3.05) is 13.1 Å². The number of sulfonamides is 1. The van der Waals surface area contributed by atoms with E-state index in [1.165, 1.54) is 4.31 Å². The van der Waals surface area contributed by atoms with Gasteiger partial charge in [0.15, 0.2) is 0 Å². The number of nitrogens with two attached hydrogens (primary N) is 1. The molecule has 1 aliphatic heterocycles. The molecule has 1 amide bonds. The number of halogens is 1. The maximum Gasteiger partial charge on any atom is 0.243 e. The number of carbonyl (C=O) groups is 1. The number of hydrogen-bond acceptors (Lipinski definition) is 3. The molecule has 0 radical (unpaired) electrons. The molecule has 5 nitrogen and oxygen atoms in total. The van der Waals surface area contributed by atoms with Crippen molar-refractivity contribution in [3.8, 4) is 0 Å². The Balaban J connectivity index is 2.16. The van der Waals surface area contributed by atoms with Crippen molar-refractivity contribution >= 4 is 31.9 Å². The minimum Gasteiger partial charge on any atom is -0.369 e. The summed E-state index contributed by atoms with van der Waals surface area (Å²) in [6.07, 6.45) is 0.977. The maximum atomic E-state index is 12.4. The van der Waals surface area contributed by atoms with E-state index in [0.717, 1.165) is 4.47 Å². The molecule has 7 heteroatoms. The second kappa shape index (κ2) is 5.60. The Kier molecular flexibility index (Phi) is 4.27. The fraction of sp³-hybridized carbons (Fsp3) is 0.417. The van der Waals surface area contributed by atoms with Crippen molar-refractivity contribution < 1.29 is 13.2 Å². The lowest BCUT2D eigenvalue weighted by Crippen LogP contribution is -2.41. The Bertz CT molecular complexity index is 580. The average Bonchev–Trinajstić information content (AvgIpc) is 2.39. The van der Waals surface area contributed by atoms with Crippen molar-refractivity contribution in [3.05, 3.63) is 28.7 Å². The van der Waals surface area contributed by atoms with Crippen LogP contribution in [0.25, 0.3) is 0 Å². The molecule has 0 atom stereocenters. The highest BCUT2D eigenvalue weighted by Crippen LogP contribution is 2.25. The summed E-state index contributed by atoms with van der Waals surface area (Å²) in [6, 6.07) is 6.61. The van der Waals surface area contributed by atoms with Gasteiger partial charge in [-0.05, 0) is 31.0 Å². The average molecular weight is 347 g/mol. The molecular formula is C12H15BrN2O3S. The number of primary amides is 1.